The highest BCUT2D eigenvalue weighted by molar-refractivity contribution is 8.18. The van der Waals surface area contributed by atoms with Crippen LogP contribution in [0.15, 0.2) is 57.7 Å². The van der Waals surface area contributed by atoms with Gasteiger partial charge in [0.25, 0.3) is 5.91 Å². The molecule has 0 saturated carbocycles. The van der Waals surface area contributed by atoms with Gasteiger partial charge in [0.15, 0.2) is 5.17 Å². The largest absolute Gasteiger partial charge is 0.368 e. The summed E-state index contributed by atoms with van der Waals surface area (Å²) in [4.78, 5) is 22.8. The molecule has 1 fully saturated rings. The molecule has 4 nitrogen and oxygen atoms in total. The normalized spacial score (nSPS) is 19.9. The lowest BCUT2D eigenvalue weighted by molar-refractivity contribution is -0.113. The molecule has 0 unspecified atom stereocenters. The van der Waals surface area contributed by atoms with E-state index in [1.807, 2.05) is 29.7 Å². The monoisotopic (exact) mass is 355 g/mol. The summed E-state index contributed by atoms with van der Waals surface area (Å²) in [6, 6.07) is 14.5. The van der Waals surface area contributed by atoms with Crippen LogP contribution in [0.1, 0.15) is 4.88 Å². The van der Waals surface area contributed by atoms with Gasteiger partial charge >= 0.3 is 0 Å². The van der Waals surface area contributed by atoms with Gasteiger partial charge in [-0.15, -0.1) is 11.3 Å². The van der Waals surface area contributed by atoms with E-state index < -0.39 is 0 Å². The van der Waals surface area contributed by atoms with Crippen LogP contribution >= 0.6 is 23.1 Å². The molecule has 1 saturated heterocycles. The highest BCUT2D eigenvalue weighted by Crippen LogP contribution is 2.31. The van der Waals surface area contributed by atoms with E-state index in [1.165, 1.54) is 17.4 Å². The van der Waals surface area contributed by atoms with E-state index in [-0.39, 0.29) is 5.91 Å². The summed E-state index contributed by atoms with van der Waals surface area (Å²) in [5.41, 5.74) is 1.26. The number of thiophene rings is 1. The molecule has 4 rings (SSSR count). The molecular weight excluding hydrogens is 338 g/mol. The average molecular weight is 355 g/mol. The van der Waals surface area contributed by atoms with Crippen LogP contribution in [-0.2, 0) is 4.79 Å². The van der Waals surface area contributed by atoms with Crippen molar-refractivity contribution in [3.63, 3.8) is 0 Å². The molecule has 0 spiro atoms. The van der Waals surface area contributed by atoms with Gasteiger partial charge in [-0.3, -0.25) is 4.79 Å². The molecule has 1 aromatic carbocycles. The molecule has 6 heteroatoms. The topological polar surface area (TPSA) is 35.9 Å². The van der Waals surface area contributed by atoms with Crippen LogP contribution in [0, 0.1) is 0 Å². The van der Waals surface area contributed by atoms with Gasteiger partial charge in [-0.1, -0.05) is 24.3 Å². The Hall–Kier alpha value is -2.05. The third-order valence-corrected chi connectivity index (χ3v) is 5.96. The number of rotatable bonds is 2. The zero-order valence-electron chi connectivity index (χ0n) is 13.1. The Kier molecular flexibility index (Phi) is 4.40. The molecule has 2 aliphatic heterocycles. The zero-order chi connectivity index (χ0) is 16.4. The lowest BCUT2D eigenvalue weighted by Crippen LogP contribution is -2.47. The van der Waals surface area contributed by atoms with E-state index in [0.717, 1.165) is 41.1 Å². The maximum atomic E-state index is 12.1. The molecule has 0 radical (unpaired) electrons. The molecule has 0 aliphatic carbocycles. The van der Waals surface area contributed by atoms with Crippen molar-refractivity contribution >= 4 is 45.9 Å². The number of carbonyl (C=O) groups excluding carboxylic acids is 1. The van der Waals surface area contributed by atoms with Gasteiger partial charge < -0.3 is 9.80 Å². The van der Waals surface area contributed by atoms with Crippen molar-refractivity contribution in [1.82, 2.24) is 4.90 Å². The van der Waals surface area contributed by atoms with Gasteiger partial charge in [-0.05, 0) is 41.4 Å². The number of amidine groups is 1. The number of piperazine rings is 1. The molecule has 122 valence electrons. The first-order valence-corrected chi connectivity index (χ1v) is 9.60. The molecule has 2 aromatic rings. The third-order valence-electron chi connectivity index (χ3n) is 4.10. The fourth-order valence-electron chi connectivity index (χ4n) is 2.83. The summed E-state index contributed by atoms with van der Waals surface area (Å²) in [5, 5.41) is 2.86. The Morgan fingerprint density at radius 3 is 2.42 bits per heavy atom. The van der Waals surface area contributed by atoms with E-state index in [0.29, 0.717) is 0 Å². The first-order chi connectivity index (χ1) is 11.8. The minimum atomic E-state index is -0.117. The number of benzene rings is 1. The number of hydrogen-bond donors (Lipinski definition) is 0. The van der Waals surface area contributed by atoms with Crippen molar-refractivity contribution < 1.29 is 4.79 Å². The predicted molar refractivity (Wildman–Crippen MR) is 103 cm³/mol. The number of thioether (sulfide) groups is 1. The molecule has 3 heterocycles. The molecule has 0 N–H and O–H groups in total. The maximum Gasteiger partial charge on any atom is 0.286 e. The smallest absolute Gasteiger partial charge is 0.286 e. The van der Waals surface area contributed by atoms with E-state index in [1.54, 1.807) is 11.3 Å². The van der Waals surface area contributed by atoms with Crippen LogP contribution in [0.25, 0.3) is 6.08 Å². The second-order valence-electron chi connectivity index (χ2n) is 5.64. The maximum absolute atomic E-state index is 12.1. The number of anilines is 1. The Morgan fingerprint density at radius 1 is 0.958 bits per heavy atom. The first kappa shape index (κ1) is 15.5. The summed E-state index contributed by atoms with van der Waals surface area (Å²) in [5.74, 6) is -0.117. The number of hydrogen-bond acceptors (Lipinski definition) is 5. The highest BCUT2D eigenvalue weighted by Gasteiger charge is 2.28. The van der Waals surface area contributed by atoms with Crippen LogP contribution in [0.5, 0.6) is 0 Å². The van der Waals surface area contributed by atoms with Crippen molar-refractivity contribution in [2.24, 2.45) is 4.99 Å². The van der Waals surface area contributed by atoms with Gasteiger partial charge in [0, 0.05) is 36.7 Å². The standard InChI is InChI=1S/C18H17N3OS2/c22-17-16(13-15-7-4-12-23-15)24-18(19-17)21-10-8-20(9-11-21)14-5-2-1-3-6-14/h1-7,12-13H,8-11H2. The molecular formula is C18H17N3OS2. The predicted octanol–water partition coefficient (Wildman–Crippen LogP) is 3.54. The minimum Gasteiger partial charge on any atom is -0.368 e. The summed E-state index contributed by atoms with van der Waals surface area (Å²) in [6.45, 7) is 3.67. The van der Waals surface area contributed by atoms with Gasteiger partial charge in [0.05, 0.1) is 4.91 Å². The quantitative estimate of drug-likeness (QED) is 0.772. The first-order valence-electron chi connectivity index (χ1n) is 7.90. The van der Waals surface area contributed by atoms with Crippen LogP contribution in [0.3, 0.4) is 0 Å². The summed E-state index contributed by atoms with van der Waals surface area (Å²) >= 11 is 3.13. The van der Waals surface area contributed by atoms with Crippen LogP contribution in [-0.4, -0.2) is 42.2 Å². The van der Waals surface area contributed by atoms with Gasteiger partial charge in [-0.25, -0.2) is 0 Å². The van der Waals surface area contributed by atoms with E-state index in [4.69, 9.17) is 0 Å². The Bertz CT molecular complexity index is 776. The fourth-order valence-corrected chi connectivity index (χ4v) is 4.52. The van der Waals surface area contributed by atoms with Crippen molar-refractivity contribution in [3.05, 3.63) is 57.6 Å². The summed E-state index contributed by atoms with van der Waals surface area (Å²) < 4.78 is 0. The summed E-state index contributed by atoms with van der Waals surface area (Å²) in [6.07, 6.45) is 1.94. The molecule has 0 bridgehead atoms. The Morgan fingerprint density at radius 2 is 1.71 bits per heavy atom. The molecule has 24 heavy (non-hydrogen) atoms. The molecule has 2 aliphatic rings. The van der Waals surface area contributed by atoms with E-state index in [9.17, 15) is 4.79 Å². The van der Waals surface area contributed by atoms with Crippen molar-refractivity contribution in [1.29, 1.82) is 0 Å². The molecule has 0 atom stereocenters. The van der Waals surface area contributed by atoms with Gasteiger partial charge in [0.2, 0.25) is 0 Å². The van der Waals surface area contributed by atoms with Crippen molar-refractivity contribution in [3.8, 4) is 0 Å². The fraction of sp³-hybridized carbons (Fsp3) is 0.222. The lowest BCUT2D eigenvalue weighted by Gasteiger charge is -2.36. The van der Waals surface area contributed by atoms with Gasteiger partial charge in [-0.2, -0.15) is 4.99 Å². The van der Waals surface area contributed by atoms with Crippen LogP contribution in [0.2, 0.25) is 0 Å². The number of para-hydroxylation sites is 1. The Labute approximate surface area is 149 Å². The second-order valence-corrected chi connectivity index (χ2v) is 7.62. The van der Waals surface area contributed by atoms with E-state index in [2.05, 4.69) is 39.1 Å². The highest BCUT2D eigenvalue weighted by atomic mass is 32.2. The van der Waals surface area contributed by atoms with Gasteiger partial charge in [0.1, 0.15) is 0 Å². The zero-order valence-corrected chi connectivity index (χ0v) is 14.7. The number of nitrogens with zero attached hydrogens (tertiary/aromatic N) is 3. The average Bonchev–Trinajstić information content (AvgIpc) is 3.27. The molecule has 1 amide bonds. The minimum absolute atomic E-state index is 0.117. The lowest BCUT2D eigenvalue weighted by atomic mass is 10.2. The van der Waals surface area contributed by atoms with Crippen LogP contribution < -0.4 is 4.90 Å². The van der Waals surface area contributed by atoms with E-state index >= 15 is 0 Å². The number of aliphatic imine (C=N–C) groups is 1. The molecule has 1 aromatic heterocycles. The third kappa shape index (κ3) is 3.25. The summed E-state index contributed by atoms with van der Waals surface area (Å²) in [7, 11) is 0. The SMILES string of the molecule is O=C1N=C(N2CCN(c3ccccc3)CC2)SC1=Cc1cccs1. The second kappa shape index (κ2) is 6.83. The number of amides is 1. The Balaban J connectivity index is 1.40. The van der Waals surface area contributed by atoms with Crippen molar-refractivity contribution in [2.75, 3.05) is 31.1 Å². The van der Waals surface area contributed by atoms with Crippen LogP contribution in [0.4, 0.5) is 5.69 Å². The van der Waals surface area contributed by atoms with Crippen molar-refractivity contribution in [2.45, 2.75) is 0 Å². The number of carbonyl (C=O) groups is 1.